The molecule has 5 atom stereocenters. The Morgan fingerprint density at radius 1 is 1.08 bits per heavy atom. The van der Waals surface area contributed by atoms with E-state index in [2.05, 4.69) is 10.4 Å². The van der Waals surface area contributed by atoms with Gasteiger partial charge in [-0.25, -0.2) is 9.18 Å². The zero-order valence-electron chi connectivity index (χ0n) is 28.9. The van der Waals surface area contributed by atoms with E-state index in [9.17, 15) is 28.7 Å². The maximum absolute atomic E-state index is 15.0. The summed E-state index contributed by atoms with van der Waals surface area (Å²) in [7, 11) is 0. The molecule has 3 aliphatic heterocycles. The number of carbonyl (C=O) groups excluding carboxylic acids is 4. The minimum absolute atomic E-state index is 0.0240. The van der Waals surface area contributed by atoms with Crippen LogP contribution in [0.25, 0.3) is 6.08 Å². The predicted octanol–water partition coefficient (Wildman–Crippen LogP) is 3.00. The Hall–Kier alpha value is -4.72. The van der Waals surface area contributed by atoms with Crippen LogP contribution in [-0.4, -0.2) is 113 Å². The lowest BCUT2D eigenvalue weighted by atomic mass is 9.91. The van der Waals surface area contributed by atoms with Crippen LogP contribution in [0.5, 0.6) is 0 Å². The predicted molar refractivity (Wildman–Crippen MR) is 183 cm³/mol. The number of ether oxygens (including phenoxy) is 2. The highest BCUT2D eigenvalue weighted by molar-refractivity contribution is 5.83. The van der Waals surface area contributed by atoms with E-state index in [4.69, 9.17) is 9.47 Å². The Kier molecular flexibility index (Phi) is 12.3. The van der Waals surface area contributed by atoms with Gasteiger partial charge in [0.25, 0.3) is 0 Å². The van der Waals surface area contributed by atoms with Gasteiger partial charge in [-0.3, -0.25) is 24.0 Å². The maximum Gasteiger partial charge on any atom is 0.410 e. The van der Waals surface area contributed by atoms with E-state index in [-0.39, 0.29) is 43.2 Å². The minimum Gasteiger partial charge on any atom is -0.457 e. The van der Waals surface area contributed by atoms with Crippen molar-refractivity contribution in [3.8, 4) is 0 Å². The number of nitrogens with zero attached hydrogens (tertiary/aromatic N) is 5. The summed E-state index contributed by atoms with van der Waals surface area (Å²) in [5.41, 5.74) is 1.92. The van der Waals surface area contributed by atoms with E-state index in [1.54, 1.807) is 47.1 Å². The van der Waals surface area contributed by atoms with Crippen molar-refractivity contribution in [2.24, 2.45) is 11.8 Å². The molecule has 1 aromatic carbocycles. The molecule has 2 fully saturated rings. The van der Waals surface area contributed by atoms with Gasteiger partial charge in [0.2, 0.25) is 11.8 Å². The molecule has 5 rings (SSSR count). The largest absolute Gasteiger partial charge is 0.457 e. The van der Waals surface area contributed by atoms with Gasteiger partial charge in [0.15, 0.2) is 0 Å². The molecular formula is C36H47FN6O7. The van der Waals surface area contributed by atoms with Crippen LogP contribution in [0.2, 0.25) is 0 Å². The number of rotatable bonds is 6. The number of nitrogens with one attached hydrogen (secondary N) is 1. The average Bonchev–Trinajstić information content (AvgIpc) is 3.60. The fourth-order valence-corrected chi connectivity index (χ4v) is 6.49. The number of aliphatic hydroxyl groups is 1. The Labute approximate surface area is 291 Å². The van der Waals surface area contributed by atoms with Crippen molar-refractivity contribution in [1.82, 2.24) is 24.9 Å². The van der Waals surface area contributed by atoms with Gasteiger partial charge in [0, 0.05) is 63.3 Å². The summed E-state index contributed by atoms with van der Waals surface area (Å²) < 4.78 is 28.4. The van der Waals surface area contributed by atoms with Gasteiger partial charge in [-0.15, -0.1) is 0 Å². The molecule has 0 unspecified atom stereocenters. The lowest BCUT2D eigenvalue weighted by Gasteiger charge is -2.36. The summed E-state index contributed by atoms with van der Waals surface area (Å²) in [6, 6.07) is 6.52. The molecule has 3 aliphatic rings. The number of benzene rings is 1. The molecule has 0 spiro atoms. The number of aliphatic hydroxyl groups excluding tert-OH is 1. The number of piperazine rings is 2. The van der Waals surface area contributed by atoms with Crippen LogP contribution in [0.1, 0.15) is 45.6 Å². The molecule has 2 saturated heterocycles. The minimum atomic E-state index is -0.942. The zero-order chi connectivity index (χ0) is 35.8. The van der Waals surface area contributed by atoms with Gasteiger partial charge in [-0.2, -0.15) is 5.10 Å². The average molecular weight is 695 g/mol. The van der Waals surface area contributed by atoms with Gasteiger partial charge < -0.3 is 29.7 Å². The molecule has 0 bridgehead atoms. The first kappa shape index (κ1) is 36.6. The lowest BCUT2D eigenvalue weighted by molar-refractivity contribution is -0.151. The van der Waals surface area contributed by atoms with Crippen LogP contribution in [0.4, 0.5) is 14.9 Å². The monoisotopic (exact) mass is 694 g/mol. The zero-order valence-corrected chi connectivity index (χ0v) is 28.9. The van der Waals surface area contributed by atoms with Crippen LogP contribution in [0, 0.1) is 17.7 Å². The van der Waals surface area contributed by atoms with Crippen molar-refractivity contribution in [2.45, 2.75) is 64.9 Å². The van der Waals surface area contributed by atoms with Crippen LogP contribution >= 0.6 is 0 Å². The van der Waals surface area contributed by atoms with Crippen molar-refractivity contribution in [1.29, 1.82) is 0 Å². The summed E-state index contributed by atoms with van der Waals surface area (Å²) in [5.74, 6) is -1.79. The fraction of sp³-hybridized carbons (Fsp3) is 0.528. The normalized spacial score (nSPS) is 26.3. The van der Waals surface area contributed by atoms with Crippen LogP contribution < -0.4 is 10.2 Å². The third-order valence-corrected chi connectivity index (χ3v) is 9.39. The molecule has 4 heterocycles. The van der Waals surface area contributed by atoms with Gasteiger partial charge >= 0.3 is 12.1 Å². The second-order valence-corrected chi connectivity index (χ2v) is 13.4. The van der Waals surface area contributed by atoms with E-state index in [0.717, 1.165) is 0 Å². The van der Waals surface area contributed by atoms with E-state index >= 15 is 0 Å². The van der Waals surface area contributed by atoms with Crippen molar-refractivity contribution in [2.75, 3.05) is 50.7 Å². The molecule has 50 heavy (non-hydrogen) atoms. The SMILES string of the molecule is C/C(=C\c1cc(F)cc(N2CCN(C(=O)Cn3cccn3)CC2)c1)[C@H]1OC(=O)C[C@H](O)CC[C@H](C)[C@@H](OC(=O)N2CCNC(=O)C2)/C=C/[C@@H]1C. The van der Waals surface area contributed by atoms with Crippen molar-refractivity contribution in [3.05, 3.63) is 65.8 Å². The fourth-order valence-electron chi connectivity index (χ4n) is 6.49. The molecule has 0 aliphatic carbocycles. The number of amides is 3. The number of esters is 1. The third kappa shape index (κ3) is 9.93. The first-order valence-electron chi connectivity index (χ1n) is 17.2. The summed E-state index contributed by atoms with van der Waals surface area (Å²) >= 11 is 0. The first-order chi connectivity index (χ1) is 23.9. The van der Waals surface area contributed by atoms with Gasteiger partial charge in [0.1, 0.15) is 31.1 Å². The van der Waals surface area contributed by atoms with Crippen LogP contribution in [-0.2, 0) is 30.4 Å². The second kappa shape index (κ2) is 16.8. The Morgan fingerprint density at radius 2 is 1.86 bits per heavy atom. The second-order valence-electron chi connectivity index (χ2n) is 13.4. The molecule has 270 valence electrons. The highest BCUT2D eigenvalue weighted by atomic mass is 19.1. The quantitative estimate of drug-likeness (QED) is 0.344. The van der Waals surface area contributed by atoms with Crippen LogP contribution in [0.3, 0.4) is 0 Å². The highest BCUT2D eigenvalue weighted by Crippen LogP contribution is 2.28. The molecule has 2 N–H and O–H groups in total. The maximum atomic E-state index is 15.0. The van der Waals surface area contributed by atoms with Gasteiger partial charge in [0.05, 0.1) is 12.5 Å². The Balaban J connectivity index is 1.30. The number of halogens is 1. The van der Waals surface area contributed by atoms with E-state index in [1.165, 1.54) is 17.0 Å². The lowest BCUT2D eigenvalue weighted by Crippen LogP contribution is -2.50. The number of aromatic nitrogens is 2. The molecule has 14 heteroatoms. The molecule has 13 nitrogen and oxygen atoms in total. The molecule has 2 aromatic rings. The summed E-state index contributed by atoms with van der Waals surface area (Å²) in [6.45, 7) is 8.45. The van der Waals surface area contributed by atoms with Crippen molar-refractivity contribution >= 4 is 35.6 Å². The van der Waals surface area contributed by atoms with Crippen molar-refractivity contribution in [3.63, 3.8) is 0 Å². The number of anilines is 1. The summed E-state index contributed by atoms with van der Waals surface area (Å²) in [5, 5.41) is 17.4. The molecule has 3 amide bonds. The Morgan fingerprint density at radius 3 is 2.58 bits per heavy atom. The highest BCUT2D eigenvalue weighted by Gasteiger charge is 2.30. The van der Waals surface area contributed by atoms with E-state index < -0.39 is 36.2 Å². The Bertz CT molecular complexity index is 1570. The standard InChI is InChI=1S/C36H47FN6O7/c1-24-5-7-30(44)21-34(47)50-35(25(2)6-8-31(24)49-36(48)42-12-10-38-32(45)22-42)26(3)17-27-18-28(37)20-29(19-27)40-13-15-41(16-14-40)33(46)23-43-11-4-9-39-43/h4,6,8-9,11,17-20,24-25,30-31,35,44H,5,7,10,12-16,21-23H2,1-3H3,(H,38,45)/b8-6+,26-17+/t24-,25-,30+,31-,35-/m0/s1. The van der Waals surface area contributed by atoms with Gasteiger partial charge in [-0.05, 0) is 67.2 Å². The van der Waals surface area contributed by atoms with E-state index in [0.29, 0.717) is 68.9 Å². The third-order valence-electron chi connectivity index (χ3n) is 9.39. The van der Waals surface area contributed by atoms with Gasteiger partial charge in [-0.1, -0.05) is 26.0 Å². The smallest absolute Gasteiger partial charge is 0.410 e. The number of hydrogen-bond donors (Lipinski definition) is 2. The first-order valence-corrected chi connectivity index (χ1v) is 17.2. The van der Waals surface area contributed by atoms with Crippen LogP contribution in [0.15, 0.2) is 54.4 Å². The summed E-state index contributed by atoms with van der Waals surface area (Å²) in [6.07, 6.45) is 6.45. The molecule has 0 radical (unpaired) electrons. The molecule has 0 saturated carbocycles. The number of carbonyl (C=O) groups is 4. The van der Waals surface area contributed by atoms with Crippen molar-refractivity contribution < 1.29 is 38.1 Å². The molecule has 1 aromatic heterocycles. The molecular weight excluding hydrogens is 647 g/mol. The topological polar surface area (TPSA) is 147 Å². The number of cyclic esters (lactones) is 1. The summed E-state index contributed by atoms with van der Waals surface area (Å²) in [4.78, 5) is 55.7. The number of hydrogen-bond acceptors (Lipinski definition) is 9. The van der Waals surface area contributed by atoms with E-state index in [1.807, 2.05) is 30.9 Å².